The van der Waals surface area contributed by atoms with Crippen molar-refractivity contribution in [1.29, 1.82) is 0 Å². The third kappa shape index (κ3) is 6.97. The predicted octanol–water partition coefficient (Wildman–Crippen LogP) is 3.43. The van der Waals surface area contributed by atoms with Crippen molar-refractivity contribution >= 4 is 29.1 Å². The largest absolute Gasteiger partial charge is 0.493 e. The van der Waals surface area contributed by atoms with Crippen LogP contribution >= 0.6 is 0 Å². The number of aliphatic imine (C=N–C) groups is 1. The highest BCUT2D eigenvalue weighted by molar-refractivity contribution is 5.92. The van der Waals surface area contributed by atoms with Gasteiger partial charge in [-0.2, -0.15) is 0 Å². The highest BCUT2D eigenvalue weighted by atomic mass is 16.5. The maximum atomic E-state index is 12.5. The Morgan fingerprint density at radius 3 is 2.59 bits per heavy atom. The molecule has 3 N–H and O–H groups in total. The second-order valence-electron chi connectivity index (χ2n) is 9.66. The third-order valence-electron chi connectivity index (χ3n) is 5.48. The Hall–Kier alpha value is -3.55. The maximum Gasteiger partial charge on any atom is 0.239 e. The Bertz CT molecular complexity index is 1030. The van der Waals surface area contributed by atoms with Crippen molar-refractivity contribution in [1.82, 2.24) is 10.2 Å². The number of fused-ring (bicyclic) bond motifs is 1. The number of anilines is 1. The van der Waals surface area contributed by atoms with Gasteiger partial charge in [-0.1, -0.05) is 45.0 Å². The van der Waals surface area contributed by atoms with E-state index < -0.39 is 0 Å². The van der Waals surface area contributed by atoms with Gasteiger partial charge in [0.25, 0.3) is 0 Å². The van der Waals surface area contributed by atoms with E-state index in [4.69, 9.17) is 10.5 Å². The Labute approximate surface area is 201 Å². The molecule has 34 heavy (non-hydrogen) atoms. The molecule has 2 amide bonds. The van der Waals surface area contributed by atoms with Gasteiger partial charge in [0.2, 0.25) is 11.8 Å². The summed E-state index contributed by atoms with van der Waals surface area (Å²) in [7, 11) is 1.78. The number of carbonyl (C=O) groups is 2. The van der Waals surface area contributed by atoms with E-state index in [9.17, 15) is 9.59 Å². The van der Waals surface area contributed by atoms with Gasteiger partial charge in [-0.25, -0.2) is 4.99 Å². The Balaban J connectivity index is 1.55. The molecule has 2 aromatic rings. The molecular formula is C26H35N5O3. The molecular weight excluding hydrogens is 430 g/mol. The van der Waals surface area contributed by atoms with Crippen molar-refractivity contribution < 1.29 is 14.3 Å². The standard InChI is InChI=1S/C26H35N5O3/c1-26(2,3)18-28-23(32)17-31-16-20-21(29-25(31)27)12-8-13-22(20)34-15-9-14-24(33)30(4)19-10-6-5-7-11-19/h5-8,10-13H,9,14-18H2,1-4H3,(H2,27,29)(H,28,32). The van der Waals surface area contributed by atoms with Gasteiger partial charge in [-0.05, 0) is 36.1 Å². The van der Waals surface area contributed by atoms with Gasteiger partial charge in [0.1, 0.15) is 5.75 Å². The first kappa shape index (κ1) is 25.1. The Morgan fingerprint density at radius 2 is 1.88 bits per heavy atom. The molecule has 1 aliphatic rings. The van der Waals surface area contributed by atoms with E-state index in [1.807, 2.05) is 48.5 Å². The molecule has 8 nitrogen and oxygen atoms in total. The average Bonchev–Trinajstić information content (AvgIpc) is 2.80. The van der Waals surface area contributed by atoms with Gasteiger partial charge >= 0.3 is 0 Å². The summed E-state index contributed by atoms with van der Waals surface area (Å²) in [4.78, 5) is 32.7. The minimum absolute atomic E-state index is 0.00207. The number of amides is 2. The number of hydrogen-bond donors (Lipinski definition) is 2. The van der Waals surface area contributed by atoms with Crippen LogP contribution in [0.15, 0.2) is 53.5 Å². The van der Waals surface area contributed by atoms with Crippen LogP contribution in [0.5, 0.6) is 5.75 Å². The van der Waals surface area contributed by atoms with Gasteiger partial charge in [-0.3, -0.25) is 9.59 Å². The molecule has 0 aliphatic carbocycles. The lowest BCUT2D eigenvalue weighted by molar-refractivity contribution is -0.122. The number of nitrogens with one attached hydrogen (secondary N) is 1. The number of carbonyl (C=O) groups excluding carboxylic acids is 2. The normalized spacial score (nSPS) is 13.1. The summed E-state index contributed by atoms with van der Waals surface area (Å²) >= 11 is 0. The Kier molecular flexibility index (Phi) is 8.15. The summed E-state index contributed by atoms with van der Waals surface area (Å²) in [5.41, 5.74) is 8.61. The lowest BCUT2D eigenvalue weighted by Crippen LogP contribution is -2.46. The summed E-state index contributed by atoms with van der Waals surface area (Å²) in [6, 6.07) is 15.2. The van der Waals surface area contributed by atoms with Gasteiger partial charge in [0, 0.05) is 31.3 Å². The molecule has 0 fully saturated rings. The number of hydrogen-bond acceptors (Lipinski definition) is 6. The lowest BCUT2D eigenvalue weighted by atomic mass is 9.97. The van der Waals surface area contributed by atoms with Crippen molar-refractivity contribution in [2.24, 2.45) is 16.1 Å². The molecule has 0 unspecified atom stereocenters. The van der Waals surface area contributed by atoms with Crippen molar-refractivity contribution in [3.05, 3.63) is 54.1 Å². The molecule has 0 saturated carbocycles. The minimum Gasteiger partial charge on any atom is -0.493 e. The molecule has 3 rings (SSSR count). The van der Waals surface area contributed by atoms with Crippen LogP contribution in [0.1, 0.15) is 39.2 Å². The third-order valence-corrected chi connectivity index (χ3v) is 5.48. The second-order valence-corrected chi connectivity index (χ2v) is 9.66. The zero-order valence-corrected chi connectivity index (χ0v) is 20.5. The maximum absolute atomic E-state index is 12.5. The van der Waals surface area contributed by atoms with Crippen LogP contribution in [-0.4, -0.2) is 49.4 Å². The van der Waals surface area contributed by atoms with Crippen molar-refractivity contribution in [3.8, 4) is 5.75 Å². The van der Waals surface area contributed by atoms with E-state index in [1.165, 1.54) is 0 Å². The smallest absolute Gasteiger partial charge is 0.239 e. The quantitative estimate of drug-likeness (QED) is 0.553. The fraction of sp³-hybridized carbons (Fsp3) is 0.423. The zero-order valence-electron chi connectivity index (χ0n) is 20.5. The zero-order chi connectivity index (χ0) is 24.7. The van der Waals surface area contributed by atoms with Gasteiger partial charge < -0.3 is 25.6 Å². The highest BCUT2D eigenvalue weighted by Crippen LogP contribution is 2.33. The van der Waals surface area contributed by atoms with Crippen LogP contribution in [-0.2, 0) is 16.1 Å². The number of para-hydroxylation sites is 1. The fourth-order valence-corrected chi connectivity index (χ4v) is 3.52. The molecule has 0 atom stereocenters. The molecule has 0 aromatic heterocycles. The topological polar surface area (TPSA) is 100 Å². The number of benzene rings is 2. The molecule has 182 valence electrons. The summed E-state index contributed by atoms with van der Waals surface area (Å²) in [5, 5.41) is 2.94. The average molecular weight is 466 g/mol. The molecule has 1 heterocycles. The van der Waals surface area contributed by atoms with E-state index >= 15 is 0 Å². The summed E-state index contributed by atoms with van der Waals surface area (Å²) in [6.07, 6.45) is 0.968. The number of rotatable bonds is 9. The van der Waals surface area contributed by atoms with E-state index in [-0.39, 0.29) is 23.8 Å². The first-order valence-corrected chi connectivity index (χ1v) is 11.6. The minimum atomic E-state index is -0.101. The number of nitrogens with zero attached hydrogens (tertiary/aromatic N) is 3. The van der Waals surface area contributed by atoms with Crippen LogP contribution in [0.2, 0.25) is 0 Å². The molecule has 0 bridgehead atoms. The van der Waals surface area contributed by atoms with Crippen LogP contribution in [0.25, 0.3) is 0 Å². The van der Waals surface area contributed by atoms with Crippen molar-refractivity contribution in [2.45, 2.75) is 40.2 Å². The molecule has 1 aliphatic heterocycles. The van der Waals surface area contributed by atoms with Crippen LogP contribution in [0.4, 0.5) is 11.4 Å². The predicted molar refractivity (Wildman–Crippen MR) is 135 cm³/mol. The molecule has 2 aromatic carbocycles. The van der Waals surface area contributed by atoms with Crippen LogP contribution in [0, 0.1) is 5.41 Å². The lowest BCUT2D eigenvalue weighted by Gasteiger charge is -2.29. The Morgan fingerprint density at radius 1 is 1.15 bits per heavy atom. The molecule has 0 radical (unpaired) electrons. The van der Waals surface area contributed by atoms with Gasteiger partial charge in [0.15, 0.2) is 5.96 Å². The fourth-order valence-electron chi connectivity index (χ4n) is 3.52. The van der Waals surface area contributed by atoms with E-state index in [2.05, 4.69) is 31.1 Å². The second kappa shape index (κ2) is 11.0. The summed E-state index contributed by atoms with van der Waals surface area (Å²) < 4.78 is 6.01. The highest BCUT2D eigenvalue weighted by Gasteiger charge is 2.23. The molecule has 0 saturated heterocycles. The molecule has 0 spiro atoms. The number of guanidine groups is 1. The van der Waals surface area contributed by atoms with Crippen LogP contribution in [0.3, 0.4) is 0 Å². The monoisotopic (exact) mass is 465 g/mol. The van der Waals surface area contributed by atoms with Gasteiger partial charge in [0.05, 0.1) is 25.4 Å². The number of nitrogens with two attached hydrogens (primary N) is 1. The van der Waals surface area contributed by atoms with E-state index in [0.717, 1.165) is 16.9 Å². The summed E-state index contributed by atoms with van der Waals surface area (Å²) in [5.74, 6) is 0.938. The van der Waals surface area contributed by atoms with Crippen molar-refractivity contribution in [3.63, 3.8) is 0 Å². The SMILES string of the molecule is CN(C(=O)CCCOc1cccc2c1CN(CC(=O)NCC(C)(C)C)C(N)=N2)c1ccccc1. The van der Waals surface area contributed by atoms with Crippen molar-refractivity contribution in [2.75, 3.05) is 31.6 Å². The molecule has 8 heteroatoms. The van der Waals surface area contributed by atoms with E-state index in [1.54, 1.807) is 16.8 Å². The van der Waals surface area contributed by atoms with Gasteiger partial charge in [-0.15, -0.1) is 0 Å². The summed E-state index contributed by atoms with van der Waals surface area (Å²) in [6.45, 7) is 7.74. The van der Waals surface area contributed by atoms with E-state index in [0.29, 0.717) is 44.2 Å². The first-order chi connectivity index (χ1) is 16.1. The van der Waals surface area contributed by atoms with Crippen LogP contribution < -0.4 is 20.7 Å². The number of ether oxygens (including phenoxy) is 1. The first-order valence-electron chi connectivity index (χ1n) is 11.6.